The van der Waals surface area contributed by atoms with Gasteiger partial charge in [0.2, 0.25) is 0 Å². The minimum Gasteiger partial charge on any atom is -0.271 e. The maximum atomic E-state index is 5.37. The first kappa shape index (κ1) is 10.7. The molecule has 0 saturated carbocycles. The first-order valence-corrected chi connectivity index (χ1v) is 4.31. The van der Waals surface area contributed by atoms with Gasteiger partial charge in [-0.25, -0.2) is 0 Å². The van der Waals surface area contributed by atoms with Gasteiger partial charge < -0.3 is 0 Å². The van der Waals surface area contributed by atoms with Crippen molar-refractivity contribution in [2.45, 2.75) is 45.6 Å². The van der Waals surface area contributed by atoms with Gasteiger partial charge in [0.15, 0.2) is 0 Å². The Morgan fingerprint density at radius 3 is 2.55 bits per heavy atom. The quantitative estimate of drug-likeness (QED) is 0.350. The number of allylic oxidation sites excluding steroid dienone is 1. The summed E-state index contributed by atoms with van der Waals surface area (Å²) in [6.45, 7) is 8.08. The normalized spacial score (nSPS) is 13.0. The van der Waals surface area contributed by atoms with Crippen molar-refractivity contribution in [3.63, 3.8) is 0 Å². The summed E-state index contributed by atoms with van der Waals surface area (Å²) in [7, 11) is 0. The summed E-state index contributed by atoms with van der Waals surface area (Å²) in [6.07, 6.45) is 4.53. The molecule has 0 radical (unpaired) electrons. The second-order valence-corrected chi connectivity index (χ2v) is 3.15. The first-order valence-electron chi connectivity index (χ1n) is 4.31. The van der Waals surface area contributed by atoms with Crippen LogP contribution in [0.15, 0.2) is 12.2 Å². The summed E-state index contributed by atoms with van der Waals surface area (Å²) < 4.78 is 0. The minimum atomic E-state index is 0.469. The van der Waals surface area contributed by atoms with E-state index in [-0.39, 0.29) is 0 Å². The lowest BCUT2D eigenvalue weighted by atomic mass is 10.0. The predicted molar refractivity (Wildman–Crippen MR) is 50.1 cm³/mol. The van der Waals surface area contributed by atoms with Gasteiger partial charge in [-0.3, -0.25) is 11.3 Å². The monoisotopic (exact) mass is 156 g/mol. The van der Waals surface area contributed by atoms with Crippen molar-refractivity contribution in [2.24, 2.45) is 5.84 Å². The first-order chi connectivity index (χ1) is 5.20. The van der Waals surface area contributed by atoms with E-state index in [2.05, 4.69) is 25.9 Å². The Labute approximate surface area is 69.8 Å². The van der Waals surface area contributed by atoms with E-state index < -0.39 is 0 Å². The number of hydrazine groups is 1. The lowest BCUT2D eigenvalue weighted by Crippen LogP contribution is -2.34. The number of hydrogen-bond acceptors (Lipinski definition) is 2. The van der Waals surface area contributed by atoms with Crippen molar-refractivity contribution in [1.29, 1.82) is 0 Å². The highest BCUT2D eigenvalue weighted by Crippen LogP contribution is 2.07. The van der Waals surface area contributed by atoms with E-state index in [0.717, 1.165) is 19.3 Å². The molecule has 0 bridgehead atoms. The maximum Gasteiger partial charge on any atom is 0.0213 e. The van der Waals surface area contributed by atoms with Crippen molar-refractivity contribution < 1.29 is 0 Å². The molecule has 0 aliphatic rings. The van der Waals surface area contributed by atoms with Crippen LogP contribution in [0.4, 0.5) is 0 Å². The van der Waals surface area contributed by atoms with Crippen LogP contribution >= 0.6 is 0 Å². The van der Waals surface area contributed by atoms with Gasteiger partial charge in [-0.2, -0.15) is 0 Å². The lowest BCUT2D eigenvalue weighted by molar-refractivity contribution is 0.459. The van der Waals surface area contributed by atoms with Crippen LogP contribution in [-0.4, -0.2) is 6.04 Å². The Morgan fingerprint density at radius 1 is 1.55 bits per heavy atom. The molecule has 0 amide bonds. The number of rotatable bonds is 6. The van der Waals surface area contributed by atoms with Gasteiger partial charge in [0.25, 0.3) is 0 Å². The van der Waals surface area contributed by atoms with Crippen molar-refractivity contribution in [1.82, 2.24) is 5.43 Å². The fraction of sp³-hybridized carbons (Fsp3) is 0.778. The molecule has 66 valence electrons. The molecule has 0 aliphatic carbocycles. The molecular formula is C9H20N2. The molecule has 1 unspecified atom stereocenters. The molecule has 0 aromatic carbocycles. The van der Waals surface area contributed by atoms with E-state index in [1.54, 1.807) is 0 Å². The number of nitrogens with two attached hydrogens (primary N) is 1. The van der Waals surface area contributed by atoms with Gasteiger partial charge in [0.05, 0.1) is 0 Å². The summed E-state index contributed by atoms with van der Waals surface area (Å²) in [4.78, 5) is 0. The standard InChI is InChI=1S/C9H20N2/c1-4-5-9(11-10)7-6-8(2)3/h9,11H,2,4-7,10H2,1,3H3. The van der Waals surface area contributed by atoms with Crippen molar-refractivity contribution >= 4 is 0 Å². The minimum absolute atomic E-state index is 0.469. The molecule has 0 rings (SSSR count). The zero-order chi connectivity index (χ0) is 8.69. The van der Waals surface area contributed by atoms with Gasteiger partial charge in [-0.05, 0) is 26.2 Å². The molecule has 11 heavy (non-hydrogen) atoms. The third-order valence-corrected chi connectivity index (χ3v) is 1.79. The van der Waals surface area contributed by atoms with Gasteiger partial charge >= 0.3 is 0 Å². The molecule has 0 saturated heterocycles. The second-order valence-electron chi connectivity index (χ2n) is 3.15. The molecule has 1 atom stereocenters. The Morgan fingerprint density at radius 2 is 2.18 bits per heavy atom. The summed E-state index contributed by atoms with van der Waals surface area (Å²) in [5.41, 5.74) is 4.05. The highest BCUT2D eigenvalue weighted by molar-refractivity contribution is 4.88. The van der Waals surface area contributed by atoms with Crippen molar-refractivity contribution in [3.05, 3.63) is 12.2 Å². The fourth-order valence-corrected chi connectivity index (χ4v) is 1.08. The van der Waals surface area contributed by atoms with E-state index in [1.807, 2.05) is 0 Å². The molecule has 0 heterocycles. The SMILES string of the molecule is C=C(C)CCC(CCC)NN. The molecule has 0 aromatic rings. The van der Waals surface area contributed by atoms with E-state index in [0.29, 0.717) is 6.04 Å². The summed E-state index contributed by atoms with van der Waals surface area (Å²) in [6, 6.07) is 0.469. The van der Waals surface area contributed by atoms with Crippen LogP contribution < -0.4 is 11.3 Å². The zero-order valence-corrected chi connectivity index (χ0v) is 7.69. The molecule has 0 spiro atoms. The highest BCUT2D eigenvalue weighted by Gasteiger charge is 2.03. The summed E-state index contributed by atoms with van der Waals surface area (Å²) in [5.74, 6) is 5.37. The molecule has 0 aromatic heterocycles. The van der Waals surface area contributed by atoms with Crippen molar-refractivity contribution in [2.75, 3.05) is 0 Å². The van der Waals surface area contributed by atoms with Crippen LogP contribution in [0.5, 0.6) is 0 Å². The average Bonchev–Trinajstić information content (AvgIpc) is 1.97. The second kappa shape index (κ2) is 6.38. The zero-order valence-electron chi connectivity index (χ0n) is 7.69. The Balaban J connectivity index is 3.43. The third kappa shape index (κ3) is 6.07. The average molecular weight is 156 g/mol. The summed E-state index contributed by atoms with van der Waals surface area (Å²) in [5, 5.41) is 0. The van der Waals surface area contributed by atoms with E-state index in [1.165, 1.54) is 12.0 Å². The van der Waals surface area contributed by atoms with E-state index in [9.17, 15) is 0 Å². The molecule has 0 fully saturated rings. The van der Waals surface area contributed by atoms with Gasteiger partial charge in [-0.1, -0.05) is 18.9 Å². The van der Waals surface area contributed by atoms with Crippen LogP contribution in [0.2, 0.25) is 0 Å². The van der Waals surface area contributed by atoms with E-state index in [4.69, 9.17) is 5.84 Å². The summed E-state index contributed by atoms with van der Waals surface area (Å²) >= 11 is 0. The molecule has 0 aliphatic heterocycles. The maximum absolute atomic E-state index is 5.37. The Kier molecular flexibility index (Phi) is 6.18. The third-order valence-electron chi connectivity index (χ3n) is 1.79. The number of hydrogen-bond donors (Lipinski definition) is 2. The van der Waals surface area contributed by atoms with Crippen LogP contribution in [0.1, 0.15) is 39.5 Å². The molecule has 3 N–H and O–H groups in total. The van der Waals surface area contributed by atoms with Crippen LogP contribution in [0.3, 0.4) is 0 Å². The molecular weight excluding hydrogens is 136 g/mol. The largest absolute Gasteiger partial charge is 0.271 e. The predicted octanol–water partition coefficient (Wildman–Crippen LogP) is 1.97. The van der Waals surface area contributed by atoms with Gasteiger partial charge in [0.1, 0.15) is 0 Å². The van der Waals surface area contributed by atoms with Gasteiger partial charge in [0, 0.05) is 6.04 Å². The lowest BCUT2D eigenvalue weighted by Gasteiger charge is -2.13. The van der Waals surface area contributed by atoms with Crippen LogP contribution in [0.25, 0.3) is 0 Å². The topological polar surface area (TPSA) is 38.0 Å². The molecule has 2 heteroatoms. The molecule has 2 nitrogen and oxygen atoms in total. The van der Waals surface area contributed by atoms with Crippen LogP contribution in [-0.2, 0) is 0 Å². The number of nitrogens with one attached hydrogen (secondary N) is 1. The Bertz CT molecular complexity index is 110. The Hall–Kier alpha value is -0.340. The van der Waals surface area contributed by atoms with Gasteiger partial charge in [-0.15, -0.1) is 6.58 Å². The fourth-order valence-electron chi connectivity index (χ4n) is 1.08. The van der Waals surface area contributed by atoms with E-state index >= 15 is 0 Å². The highest BCUT2D eigenvalue weighted by atomic mass is 15.2. The smallest absolute Gasteiger partial charge is 0.0213 e. The van der Waals surface area contributed by atoms with Crippen molar-refractivity contribution in [3.8, 4) is 0 Å². The van der Waals surface area contributed by atoms with Crippen LogP contribution in [0, 0.1) is 0 Å².